The second kappa shape index (κ2) is 9.49. The Hall–Kier alpha value is -1.96. The van der Waals surface area contributed by atoms with Crippen LogP contribution >= 0.6 is 12.2 Å². The Balaban J connectivity index is 1.75. The lowest BCUT2D eigenvalue weighted by atomic mass is 10.1. The summed E-state index contributed by atoms with van der Waals surface area (Å²) in [4.78, 5) is 19.8. The molecule has 7 heteroatoms. The number of hydrogen-bond acceptors (Lipinski definition) is 4. The second-order valence-corrected chi connectivity index (χ2v) is 8.15. The van der Waals surface area contributed by atoms with Crippen LogP contribution in [0, 0.1) is 6.92 Å². The number of benzene rings is 1. The number of H-pyrrole nitrogens is 1. The van der Waals surface area contributed by atoms with E-state index < -0.39 is 0 Å². The molecular weight excluding hydrogens is 372 g/mol. The van der Waals surface area contributed by atoms with E-state index >= 15 is 0 Å². The van der Waals surface area contributed by atoms with Crippen molar-refractivity contribution >= 4 is 28.2 Å². The number of aryl methyl sites for hydroxylation is 1. The fraction of sp³-hybridized carbons (Fsp3) is 0.524. The molecule has 0 saturated carbocycles. The highest BCUT2D eigenvalue weighted by atomic mass is 32.1. The number of rotatable bonds is 7. The summed E-state index contributed by atoms with van der Waals surface area (Å²) in [5, 5.41) is 5.04. The van der Waals surface area contributed by atoms with E-state index in [4.69, 9.17) is 17.0 Å². The summed E-state index contributed by atoms with van der Waals surface area (Å²) in [6.07, 6.45) is 2.40. The molecule has 0 bridgehead atoms. The highest BCUT2D eigenvalue weighted by molar-refractivity contribution is 7.80. The van der Waals surface area contributed by atoms with Gasteiger partial charge in [0.1, 0.15) is 0 Å². The standard InChI is InChI=1S/C21H30N4O2S/c1-15-6-7-16-12-17(20(26)23-19(16)11-15)14-25(9-8-24(2)3)21(28)22-13-18-5-4-10-27-18/h6-7,11-12,18H,4-5,8-10,13-14H2,1-3H3,(H,22,28)(H,23,26)/t18-/m1/s1. The number of ether oxygens (including phenoxy) is 1. The maximum atomic E-state index is 12.6. The van der Waals surface area contributed by atoms with Gasteiger partial charge in [-0.05, 0) is 69.2 Å². The minimum atomic E-state index is -0.0603. The maximum absolute atomic E-state index is 12.6. The third-order valence-corrected chi connectivity index (χ3v) is 5.45. The second-order valence-electron chi connectivity index (χ2n) is 7.76. The van der Waals surface area contributed by atoms with Crippen LogP contribution in [0.2, 0.25) is 0 Å². The molecule has 1 fully saturated rings. The summed E-state index contributed by atoms with van der Waals surface area (Å²) in [7, 11) is 4.07. The topological polar surface area (TPSA) is 60.6 Å². The van der Waals surface area contributed by atoms with E-state index in [1.807, 2.05) is 39.2 Å². The highest BCUT2D eigenvalue weighted by Crippen LogP contribution is 2.14. The first-order valence-corrected chi connectivity index (χ1v) is 10.2. The van der Waals surface area contributed by atoms with Crippen molar-refractivity contribution in [2.75, 3.05) is 40.3 Å². The fourth-order valence-corrected chi connectivity index (χ4v) is 3.61. The van der Waals surface area contributed by atoms with Gasteiger partial charge in [-0.15, -0.1) is 0 Å². The fourth-order valence-electron chi connectivity index (χ4n) is 3.37. The van der Waals surface area contributed by atoms with E-state index in [0.717, 1.165) is 54.6 Å². The molecular formula is C21H30N4O2S. The molecule has 2 aromatic rings. The van der Waals surface area contributed by atoms with Crippen LogP contribution in [0.25, 0.3) is 10.9 Å². The first kappa shape index (κ1) is 20.8. The molecule has 1 aromatic carbocycles. The van der Waals surface area contributed by atoms with E-state index in [-0.39, 0.29) is 11.7 Å². The van der Waals surface area contributed by atoms with Crippen LogP contribution in [-0.4, -0.2) is 66.3 Å². The van der Waals surface area contributed by atoms with Crippen LogP contribution in [0.15, 0.2) is 29.1 Å². The molecule has 2 N–H and O–H groups in total. The number of fused-ring (bicyclic) bond motifs is 1. The molecule has 0 unspecified atom stereocenters. The third-order valence-electron chi connectivity index (χ3n) is 5.05. The van der Waals surface area contributed by atoms with Crippen LogP contribution in [0.5, 0.6) is 0 Å². The van der Waals surface area contributed by atoms with E-state index in [1.54, 1.807) is 0 Å². The summed E-state index contributed by atoms with van der Waals surface area (Å²) >= 11 is 5.65. The van der Waals surface area contributed by atoms with Gasteiger partial charge >= 0.3 is 0 Å². The van der Waals surface area contributed by atoms with Crippen molar-refractivity contribution in [3.8, 4) is 0 Å². The summed E-state index contributed by atoms with van der Waals surface area (Å²) in [5.74, 6) is 0. The van der Waals surface area contributed by atoms with Crippen LogP contribution in [0.4, 0.5) is 0 Å². The SMILES string of the molecule is Cc1ccc2cc(CN(CCN(C)C)C(=S)NC[C@H]3CCCO3)c(=O)[nH]c2c1. The van der Waals surface area contributed by atoms with E-state index in [2.05, 4.69) is 26.2 Å². The van der Waals surface area contributed by atoms with Gasteiger partial charge in [0.15, 0.2) is 5.11 Å². The van der Waals surface area contributed by atoms with E-state index in [0.29, 0.717) is 18.2 Å². The smallest absolute Gasteiger partial charge is 0.253 e. The Morgan fingerprint density at radius 1 is 1.32 bits per heavy atom. The van der Waals surface area contributed by atoms with Crippen LogP contribution in [-0.2, 0) is 11.3 Å². The molecule has 152 valence electrons. The van der Waals surface area contributed by atoms with Crippen LogP contribution < -0.4 is 10.9 Å². The number of nitrogens with one attached hydrogen (secondary N) is 2. The van der Waals surface area contributed by atoms with Crippen molar-refractivity contribution in [3.63, 3.8) is 0 Å². The van der Waals surface area contributed by atoms with Gasteiger partial charge in [0.2, 0.25) is 0 Å². The predicted molar refractivity (Wildman–Crippen MR) is 118 cm³/mol. The number of aromatic nitrogens is 1. The Kier molecular flexibility index (Phi) is 7.04. The van der Waals surface area contributed by atoms with Crippen LogP contribution in [0.1, 0.15) is 24.0 Å². The summed E-state index contributed by atoms with van der Waals surface area (Å²) in [6, 6.07) is 8.07. The first-order chi connectivity index (χ1) is 13.4. The van der Waals surface area contributed by atoms with Gasteiger partial charge in [0, 0.05) is 37.3 Å². The molecule has 1 aromatic heterocycles. The lowest BCUT2D eigenvalue weighted by Gasteiger charge is -2.28. The monoisotopic (exact) mass is 402 g/mol. The lowest BCUT2D eigenvalue weighted by molar-refractivity contribution is 0.113. The van der Waals surface area contributed by atoms with Crippen molar-refractivity contribution in [1.82, 2.24) is 20.1 Å². The number of pyridine rings is 1. The van der Waals surface area contributed by atoms with Crippen molar-refractivity contribution in [2.24, 2.45) is 0 Å². The first-order valence-electron chi connectivity index (χ1n) is 9.84. The summed E-state index contributed by atoms with van der Waals surface area (Å²) in [5.41, 5.74) is 2.65. The Bertz CT molecular complexity index is 874. The molecule has 1 atom stereocenters. The third kappa shape index (κ3) is 5.53. The lowest BCUT2D eigenvalue weighted by Crippen LogP contribution is -2.45. The van der Waals surface area contributed by atoms with Gasteiger partial charge in [0.25, 0.3) is 5.56 Å². The zero-order valence-electron chi connectivity index (χ0n) is 17.0. The zero-order valence-corrected chi connectivity index (χ0v) is 17.8. The number of hydrogen-bond donors (Lipinski definition) is 2. The molecule has 28 heavy (non-hydrogen) atoms. The molecule has 1 saturated heterocycles. The summed E-state index contributed by atoms with van der Waals surface area (Å²) < 4.78 is 5.67. The highest BCUT2D eigenvalue weighted by Gasteiger charge is 2.18. The van der Waals surface area contributed by atoms with Gasteiger partial charge in [-0.25, -0.2) is 0 Å². The molecule has 0 amide bonds. The quantitative estimate of drug-likeness (QED) is 0.693. The van der Waals surface area contributed by atoms with Crippen molar-refractivity contribution in [1.29, 1.82) is 0 Å². The number of nitrogens with zero attached hydrogens (tertiary/aromatic N) is 2. The largest absolute Gasteiger partial charge is 0.376 e. The molecule has 0 radical (unpaired) electrons. The minimum absolute atomic E-state index is 0.0603. The predicted octanol–water partition coefficient (Wildman–Crippen LogP) is 2.25. The molecule has 6 nitrogen and oxygen atoms in total. The number of likely N-dealkylation sites (N-methyl/N-ethyl adjacent to an activating group) is 1. The number of aromatic amines is 1. The minimum Gasteiger partial charge on any atom is -0.376 e. The molecule has 0 aliphatic carbocycles. The number of thiocarbonyl (C=S) groups is 1. The Labute approximate surface area is 171 Å². The molecule has 3 rings (SSSR count). The van der Waals surface area contributed by atoms with Crippen LogP contribution in [0.3, 0.4) is 0 Å². The zero-order chi connectivity index (χ0) is 20.1. The van der Waals surface area contributed by atoms with Crippen molar-refractivity contribution in [2.45, 2.75) is 32.4 Å². The Morgan fingerprint density at radius 3 is 2.86 bits per heavy atom. The van der Waals surface area contributed by atoms with Crippen molar-refractivity contribution < 1.29 is 4.74 Å². The van der Waals surface area contributed by atoms with Gasteiger partial charge < -0.3 is 24.8 Å². The summed E-state index contributed by atoms with van der Waals surface area (Å²) in [6.45, 7) is 5.64. The molecule has 0 spiro atoms. The van der Waals surface area contributed by atoms with Crippen molar-refractivity contribution in [3.05, 3.63) is 45.7 Å². The van der Waals surface area contributed by atoms with Gasteiger partial charge in [-0.1, -0.05) is 12.1 Å². The average Bonchev–Trinajstić information content (AvgIpc) is 3.17. The van der Waals surface area contributed by atoms with E-state index in [1.165, 1.54) is 0 Å². The molecule has 1 aliphatic heterocycles. The molecule has 1 aliphatic rings. The van der Waals surface area contributed by atoms with Gasteiger partial charge in [0.05, 0.1) is 12.6 Å². The molecule has 2 heterocycles. The van der Waals surface area contributed by atoms with E-state index in [9.17, 15) is 4.79 Å². The average molecular weight is 403 g/mol. The van der Waals surface area contributed by atoms with Gasteiger partial charge in [-0.3, -0.25) is 4.79 Å². The normalized spacial score (nSPS) is 16.6. The Morgan fingerprint density at radius 2 is 2.14 bits per heavy atom. The maximum Gasteiger partial charge on any atom is 0.253 e. The van der Waals surface area contributed by atoms with Gasteiger partial charge in [-0.2, -0.15) is 0 Å².